The summed E-state index contributed by atoms with van der Waals surface area (Å²) in [7, 11) is 0. The van der Waals surface area contributed by atoms with Crippen molar-refractivity contribution in [3.8, 4) is 0 Å². The summed E-state index contributed by atoms with van der Waals surface area (Å²) >= 11 is 1.18. The number of nitrogens with one attached hydrogen (secondary N) is 2. The van der Waals surface area contributed by atoms with Gasteiger partial charge >= 0.3 is 0 Å². The van der Waals surface area contributed by atoms with Crippen molar-refractivity contribution in [2.24, 2.45) is 0 Å². The topological polar surface area (TPSA) is 78.4 Å². The molecule has 1 aromatic heterocycles. The molecule has 0 aliphatic carbocycles. The molecule has 2 rings (SSSR count). The molecule has 0 radical (unpaired) electrons. The van der Waals surface area contributed by atoms with Crippen molar-refractivity contribution < 1.29 is 14.8 Å². The Kier molecular flexibility index (Phi) is 4.65. The van der Waals surface area contributed by atoms with Crippen LogP contribution in [0.3, 0.4) is 0 Å². The van der Waals surface area contributed by atoms with Gasteiger partial charge in [-0.1, -0.05) is 18.2 Å². The smallest absolute Gasteiger partial charge is 0.284 e. The second kappa shape index (κ2) is 6.65. The van der Waals surface area contributed by atoms with Crippen molar-refractivity contribution in [3.05, 3.63) is 58.3 Å². The number of thiophene rings is 1. The van der Waals surface area contributed by atoms with E-state index in [1.165, 1.54) is 17.4 Å². The van der Waals surface area contributed by atoms with Gasteiger partial charge in [0.1, 0.15) is 0 Å². The molecule has 0 spiro atoms. The van der Waals surface area contributed by atoms with Crippen LogP contribution in [-0.2, 0) is 4.79 Å². The number of para-hydroxylation sites is 1. The van der Waals surface area contributed by atoms with Crippen molar-refractivity contribution in [3.63, 3.8) is 0 Å². The van der Waals surface area contributed by atoms with Gasteiger partial charge in [-0.2, -0.15) is 0 Å². The Morgan fingerprint density at radius 1 is 1.10 bits per heavy atom. The Labute approximate surface area is 119 Å². The average Bonchev–Trinajstić information content (AvgIpc) is 2.94. The lowest BCUT2D eigenvalue weighted by Gasteiger charge is -1.99. The SMILES string of the molecule is O=C(/C=C/c1ccc(C(=O)NO)s1)Nc1ccccc1. The number of hydrogen-bond donors (Lipinski definition) is 3. The van der Waals surface area contributed by atoms with Gasteiger partial charge in [0, 0.05) is 16.6 Å². The first kappa shape index (κ1) is 14.0. The van der Waals surface area contributed by atoms with Crippen molar-refractivity contribution in [2.45, 2.75) is 0 Å². The molecule has 2 amide bonds. The lowest BCUT2D eigenvalue weighted by molar-refractivity contribution is -0.111. The van der Waals surface area contributed by atoms with Crippen LogP contribution in [0.4, 0.5) is 5.69 Å². The fourth-order valence-electron chi connectivity index (χ4n) is 1.48. The largest absolute Gasteiger partial charge is 0.323 e. The zero-order valence-corrected chi connectivity index (χ0v) is 11.2. The van der Waals surface area contributed by atoms with E-state index in [9.17, 15) is 9.59 Å². The highest BCUT2D eigenvalue weighted by Gasteiger charge is 2.06. The molecule has 20 heavy (non-hydrogen) atoms. The summed E-state index contributed by atoms with van der Waals surface area (Å²) in [6.07, 6.45) is 3.00. The Bertz CT molecular complexity index is 635. The number of anilines is 1. The highest BCUT2D eigenvalue weighted by molar-refractivity contribution is 7.14. The van der Waals surface area contributed by atoms with E-state index >= 15 is 0 Å². The normalized spacial score (nSPS) is 10.4. The lowest BCUT2D eigenvalue weighted by Crippen LogP contribution is -2.16. The fraction of sp³-hybridized carbons (Fsp3) is 0. The van der Waals surface area contributed by atoms with Gasteiger partial charge in [0.25, 0.3) is 5.91 Å². The van der Waals surface area contributed by atoms with Crippen molar-refractivity contribution in [1.29, 1.82) is 0 Å². The number of hydrogen-bond acceptors (Lipinski definition) is 4. The van der Waals surface area contributed by atoms with E-state index in [1.807, 2.05) is 18.2 Å². The van der Waals surface area contributed by atoms with Crippen molar-refractivity contribution in [2.75, 3.05) is 5.32 Å². The second-order valence-electron chi connectivity index (χ2n) is 3.83. The maximum Gasteiger partial charge on any atom is 0.284 e. The molecule has 1 aromatic carbocycles. The average molecular weight is 288 g/mol. The maximum atomic E-state index is 11.7. The van der Waals surface area contributed by atoms with Crippen LogP contribution in [-0.4, -0.2) is 17.0 Å². The summed E-state index contributed by atoms with van der Waals surface area (Å²) in [5, 5.41) is 11.2. The summed E-state index contributed by atoms with van der Waals surface area (Å²) in [5.41, 5.74) is 2.28. The molecule has 0 saturated carbocycles. The number of hydroxylamine groups is 1. The quantitative estimate of drug-likeness (QED) is 0.459. The first-order chi connectivity index (χ1) is 9.69. The van der Waals surface area contributed by atoms with Crippen LogP contribution < -0.4 is 10.8 Å². The predicted octanol–water partition coefficient (Wildman–Crippen LogP) is 2.52. The molecule has 1 heterocycles. The molecule has 0 aliphatic rings. The van der Waals surface area contributed by atoms with Crippen LogP contribution in [0.25, 0.3) is 6.08 Å². The van der Waals surface area contributed by atoms with Gasteiger partial charge in [0.05, 0.1) is 4.88 Å². The number of carbonyl (C=O) groups excluding carboxylic acids is 2. The second-order valence-corrected chi connectivity index (χ2v) is 4.95. The molecule has 0 aliphatic heterocycles. The van der Waals surface area contributed by atoms with Crippen LogP contribution in [0.1, 0.15) is 14.5 Å². The molecule has 0 saturated heterocycles. The molecule has 0 unspecified atom stereocenters. The summed E-state index contributed by atoms with van der Waals surface area (Å²) in [5.74, 6) is -0.818. The van der Waals surface area contributed by atoms with Crippen LogP contribution in [0.15, 0.2) is 48.5 Å². The minimum absolute atomic E-state index is 0.252. The summed E-state index contributed by atoms with van der Waals surface area (Å²) in [6.45, 7) is 0. The fourth-order valence-corrected chi connectivity index (χ4v) is 2.28. The van der Waals surface area contributed by atoms with Crippen LogP contribution in [0, 0.1) is 0 Å². The first-order valence-corrected chi connectivity index (χ1v) is 6.59. The minimum atomic E-state index is -0.566. The Morgan fingerprint density at radius 2 is 1.85 bits per heavy atom. The molecule has 5 nitrogen and oxygen atoms in total. The zero-order chi connectivity index (χ0) is 14.4. The van der Waals surface area contributed by atoms with Gasteiger partial charge in [0.15, 0.2) is 0 Å². The standard InChI is InChI=1S/C14H12N2O3S/c17-13(15-10-4-2-1-3-5-10)9-7-11-6-8-12(20-11)14(18)16-19/h1-9,19H,(H,15,17)(H,16,18)/b9-7+. The van der Waals surface area contributed by atoms with E-state index in [2.05, 4.69) is 5.32 Å². The monoisotopic (exact) mass is 288 g/mol. The lowest BCUT2D eigenvalue weighted by atomic mass is 10.3. The first-order valence-electron chi connectivity index (χ1n) is 5.77. The molecule has 6 heteroatoms. The third kappa shape index (κ3) is 3.78. The molecule has 102 valence electrons. The highest BCUT2D eigenvalue weighted by Crippen LogP contribution is 2.17. The van der Waals surface area contributed by atoms with Gasteiger partial charge < -0.3 is 5.32 Å². The van der Waals surface area contributed by atoms with Crippen LogP contribution in [0.5, 0.6) is 0 Å². The molecular weight excluding hydrogens is 276 g/mol. The Hall–Kier alpha value is -2.44. The third-order valence-electron chi connectivity index (χ3n) is 2.39. The third-order valence-corrected chi connectivity index (χ3v) is 3.44. The molecule has 0 fully saturated rings. The van der Waals surface area contributed by atoms with Gasteiger partial charge in [0.2, 0.25) is 5.91 Å². The van der Waals surface area contributed by atoms with Gasteiger partial charge in [-0.25, -0.2) is 5.48 Å². The van der Waals surface area contributed by atoms with E-state index in [0.29, 0.717) is 10.6 Å². The van der Waals surface area contributed by atoms with Crippen LogP contribution >= 0.6 is 11.3 Å². The molecular formula is C14H12N2O3S. The van der Waals surface area contributed by atoms with Crippen LogP contribution in [0.2, 0.25) is 0 Å². The van der Waals surface area contributed by atoms with E-state index in [1.54, 1.807) is 35.8 Å². The van der Waals surface area contributed by atoms with Gasteiger partial charge in [-0.3, -0.25) is 14.8 Å². The Morgan fingerprint density at radius 3 is 2.55 bits per heavy atom. The summed E-state index contributed by atoms with van der Waals surface area (Å²) in [4.78, 5) is 23.9. The number of rotatable bonds is 4. The van der Waals surface area contributed by atoms with E-state index < -0.39 is 5.91 Å². The summed E-state index contributed by atoms with van der Waals surface area (Å²) in [6, 6.07) is 12.4. The number of benzene rings is 1. The van der Waals surface area contributed by atoms with Gasteiger partial charge in [-0.15, -0.1) is 11.3 Å². The predicted molar refractivity (Wildman–Crippen MR) is 77.7 cm³/mol. The number of carbonyl (C=O) groups is 2. The molecule has 0 bridgehead atoms. The summed E-state index contributed by atoms with van der Waals surface area (Å²) < 4.78 is 0. The molecule has 0 atom stereocenters. The van der Waals surface area contributed by atoms with E-state index in [4.69, 9.17) is 5.21 Å². The zero-order valence-electron chi connectivity index (χ0n) is 10.4. The van der Waals surface area contributed by atoms with Crippen molar-refractivity contribution >= 4 is 34.9 Å². The minimum Gasteiger partial charge on any atom is -0.323 e. The molecule has 3 N–H and O–H groups in total. The molecule has 2 aromatic rings. The van der Waals surface area contributed by atoms with Crippen molar-refractivity contribution in [1.82, 2.24) is 5.48 Å². The van der Waals surface area contributed by atoms with Gasteiger partial charge in [-0.05, 0) is 30.3 Å². The maximum absolute atomic E-state index is 11.7. The highest BCUT2D eigenvalue weighted by atomic mass is 32.1. The van der Waals surface area contributed by atoms with E-state index in [0.717, 1.165) is 4.88 Å². The Balaban J connectivity index is 1.97. The number of amides is 2. The van der Waals surface area contributed by atoms with E-state index in [-0.39, 0.29) is 5.91 Å².